The molecule has 1 N–H and O–H groups in total. The molecule has 3 rings (SSSR count). The summed E-state index contributed by atoms with van der Waals surface area (Å²) in [6.45, 7) is 4.52. The van der Waals surface area contributed by atoms with Gasteiger partial charge in [-0.15, -0.1) is 0 Å². The lowest BCUT2D eigenvalue weighted by Crippen LogP contribution is -2.03. The fourth-order valence-electron chi connectivity index (χ4n) is 2.70. The van der Waals surface area contributed by atoms with Crippen LogP contribution in [0.4, 0.5) is 11.5 Å². The summed E-state index contributed by atoms with van der Waals surface area (Å²) in [5.74, 6) is 2.19. The molecule has 1 aromatic heterocycles. The molecule has 0 saturated heterocycles. The number of nitrogens with one attached hydrogen (secondary N) is 1. The zero-order valence-corrected chi connectivity index (χ0v) is 15.5. The van der Waals surface area contributed by atoms with Crippen LogP contribution in [0.15, 0.2) is 48.5 Å². The molecule has 0 bridgehead atoms. The standard InChI is InChI=1S/C21H23N3O2/c1-14-6-5-7-16(10-14)21-22-17(13-25-3)11-20(24-21)23-19-12-18(26-4)9-8-15(19)2/h5-12H,13H2,1-4H3,(H,22,23,24). The molecule has 0 spiro atoms. The van der Waals surface area contributed by atoms with Gasteiger partial charge in [-0.05, 0) is 31.5 Å². The highest BCUT2D eigenvalue weighted by atomic mass is 16.5. The Bertz CT molecular complexity index is 910. The Morgan fingerprint density at radius 2 is 1.81 bits per heavy atom. The van der Waals surface area contributed by atoms with E-state index in [1.807, 2.05) is 43.3 Å². The summed E-state index contributed by atoms with van der Waals surface area (Å²) < 4.78 is 10.6. The summed E-state index contributed by atoms with van der Waals surface area (Å²) >= 11 is 0. The van der Waals surface area contributed by atoms with E-state index in [-0.39, 0.29) is 0 Å². The van der Waals surface area contributed by atoms with Gasteiger partial charge in [0.2, 0.25) is 0 Å². The second kappa shape index (κ2) is 7.97. The molecule has 134 valence electrons. The van der Waals surface area contributed by atoms with Crippen LogP contribution in [0.1, 0.15) is 16.8 Å². The normalized spacial score (nSPS) is 10.6. The number of anilines is 2. The van der Waals surface area contributed by atoms with Crippen molar-refractivity contribution in [1.82, 2.24) is 9.97 Å². The van der Waals surface area contributed by atoms with E-state index >= 15 is 0 Å². The van der Waals surface area contributed by atoms with Gasteiger partial charge in [0.25, 0.3) is 0 Å². The van der Waals surface area contributed by atoms with Gasteiger partial charge in [-0.2, -0.15) is 0 Å². The monoisotopic (exact) mass is 349 g/mol. The quantitative estimate of drug-likeness (QED) is 0.701. The predicted molar refractivity (Wildman–Crippen MR) is 104 cm³/mol. The van der Waals surface area contributed by atoms with Gasteiger partial charge in [-0.25, -0.2) is 9.97 Å². The molecule has 0 unspecified atom stereocenters. The molecule has 0 atom stereocenters. The first kappa shape index (κ1) is 17.9. The number of methoxy groups -OCH3 is 2. The van der Waals surface area contributed by atoms with E-state index in [4.69, 9.17) is 14.5 Å². The molecule has 0 amide bonds. The summed E-state index contributed by atoms with van der Waals surface area (Å²) in [5.41, 5.74) is 5.02. The zero-order chi connectivity index (χ0) is 18.5. The average Bonchev–Trinajstić information content (AvgIpc) is 2.64. The average molecular weight is 349 g/mol. The third-order valence-corrected chi connectivity index (χ3v) is 4.06. The first-order valence-corrected chi connectivity index (χ1v) is 8.44. The Labute approximate surface area is 154 Å². The van der Waals surface area contributed by atoms with Gasteiger partial charge >= 0.3 is 0 Å². The van der Waals surface area contributed by atoms with Crippen molar-refractivity contribution < 1.29 is 9.47 Å². The highest BCUT2D eigenvalue weighted by Crippen LogP contribution is 2.26. The summed E-state index contributed by atoms with van der Waals surface area (Å²) in [4.78, 5) is 9.33. The van der Waals surface area contributed by atoms with Gasteiger partial charge in [0.1, 0.15) is 11.6 Å². The Morgan fingerprint density at radius 3 is 2.54 bits per heavy atom. The molecule has 0 aliphatic carbocycles. The van der Waals surface area contributed by atoms with Crippen LogP contribution < -0.4 is 10.1 Å². The molecule has 0 aliphatic heterocycles. The number of rotatable bonds is 6. The molecule has 0 fully saturated rings. The van der Waals surface area contributed by atoms with Crippen LogP contribution in [0.25, 0.3) is 11.4 Å². The summed E-state index contributed by atoms with van der Waals surface area (Å²) in [6.07, 6.45) is 0. The van der Waals surface area contributed by atoms with Crippen LogP contribution in [-0.2, 0) is 11.3 Å². The molecule has 3 aromatic rings. The molecule has 2 aromatic carbocycles. The van der Waals surface area contributed by atoms with E-state index in [9.17, 15) is 0 Å². The van der Waals surface area contributed by atoms with E-state index in [0.717, 1.165) is 34.1 Å². The van der Waals surface area contributed by atoms with Crippen molar-refractivity contribution in [1.29, 1.82) is 0 Å². The number of hydrogen-bond acceptors (Lipinski definition) is 5. The van der Waals surface area contributed by atoms with Crippen molar-refractivity contribution in [2.24, 2.45) is 0 Å². The number of ether oxygens (including phenoxy) is 2. The highest BCUT2D eigenvalue weighted by Gasteiger charge is 2.09. The minimum atomic E-state index is 0.424. The molecule has 0 saturated carbocycles. The summed E-state index contributed by atoms with van der Waals surface area (Å²) in [5, 5.41) is 3.38. The van der Waals surface area contributed by atoms with Crippen LogP contribution in [0, 0.1) is 13.8 Å². The number of benzene rings is 2. The molecular weight excluding hydrogens is 326 g/mol. The topological polar surface area (TPSA) is 56.3 Å². The minimum absolute atomic E-state index is 0.424. The second-order valence-electron chi connectivity index (χ2n) is 6.18. The lowest BCUT2D eigenvalue weighted by Gasteiger charge is -2.13. The zero-order valence-electron chi connectivity index (χ0n) is 15.5. The molecule has 0 radical (unpaired) electrons. The van der Waals surface area contributed by atoms with Crippen molar-refractivity contribution >= 4 is 11.5 Å². The second-order valence-corrected chi connectivity index (χ2v) is 6.18. The lowest BCUT2D eigenvalue weighted by atomic mass is 10.1. The summed E-state index contributed by atoms with van der Waals surface area (Å²) in [6, 6.07) is 16.0. The minimum Gasteiger partial charge on any atom is -0.497 e. The number of nitrogens with zero attached hydrogens (tertiary/aromatic N) is 2. The maximum atomic E-state index is 5.32. The number of aromatic nitrogens is 2. The van der Waals surface area contributed by atoms with Crippen LogP contribution in [-0.4, -0.2) is 24.2 Å². The third kappa shape index (κ3) is 4.18. The van der Waals surface area contributed by atoms with Crippen molar-refractivity contribution in [3.05, 3.63) is 65.4 Å². The first-order chi connectivity index (χ1) is 12.6. The van der Waals surface area contributed by atoms with Crippen LogP contribution in [0.5, 0.6) is 5.75 Å². The largest absolute Gasteiger partial charge is 0.497 e. The van der Waals surface area contributed by atoms with E-state index in [1.54, 1.807) is 14.2 Å². The van der Waals surface area contributed by atoms with Gasteiger partial charge in [0.15, 0.2) is 5.82 Å². The molecular formula is C21H23N3O2. The van der Waals surface area contributed by atoms with Crippen LogP contribution in [0.3, 0.4) is 0 Å². The Kier molecular flexibility index (Phi) is 5.49. The van der Waals surface area contributed by atoms with Gasteiger partial charge in [0.05, 0.1) is 19.4 Å². The molecule has 5 heteroatoms. The Hall–Kier alpha value is -2.92. The van der Waals surface area contributed by atoms with Gasteiger partial charge in [0, 0.05) is 30.5 Å². The maximum Gasteiger partial charge on any atom is 0.161 e. The smallest absolute Gasteiger partial charge is 0.161 e. The van der Waals surface area contributed by atoms with E-state index < -0.39 is 0 Å². The molecule has 1 heterocycles. The first-order valence-electron chi connectivity index (χ1n) is 8.44. The molecule has 0 aliphatic rings. The highest BCUT2D eigenvalue weighted by molar-refractivity contribution is 5.65. The van der Waals surface area contributed by atoms with E-state index in [2.05, 4.69) is 29.4 Å². The lowest BCUT2D eigenvalue weighted by molar-refractivity contribution is 0.181. The van der Waals surface area contributed by atoms with Gasteiger partial charge in [-0.1, -0.05) is 29.8 Å². The SMILES string of the molecule is COCc1cc(Nc2cc(OC)ccc2C)nc(-c2cccc(C)c2)n1. The molecule has 5 nitrogen and oxygen atoms in total. The van der Waals surface area contributed by atoms with Gasteiger partial charge in [-0.3, -0.25) is 0 Å². The number of hydrogen-bond donors (Lipinski definition) is 1. The maximum absolute atomic E-state index is 5.32. The van der Waals surface area contributed by atoms with Gasteiger partial charge < -0.3 is 14.8 Å². The van der Waals surface area contributed by atoms with Crippen LogP contribution >= 0.6 is 0 Å². The Balaban J connectivity index is 2.01. The van der Waals surface area contributed by atoms with Crippen molar-refractivity contribution in [3.8, 4) is 17.1 Å². The van der Waals surface area contributed by atoms with Crippen molar-refractivity contribution in [2.45, 2.75) is 20.5 Å². The van der Waals surface area contributed by atoms with E-state index in [1.165, 1.54) is 5.56 Å². The summed E-state index contributed by atoms with van der Waals surface area (Å²) in [7, 11) is 3.32. The fraction of sp³-hybridized carbons (Fsp3) is 0.238. The van der Waals surface area contributed by atoms with Crippen LogP contribution in [0.2, 0.25) is 0 Å². The van der Waals surface area contributed by atoms with E-state index in [0.29, 0.717) is 12.4 Å². The fourth-order valence-corrected chi connectivity index (χ4v) is 2.70. The number of aryl methyl sites for hydroxylation is 2. The molecule has 26 heavy (non-hydrogen) atoms. The predicted octanol–water partition coefficient (Wildman–Crippen LogP) is 4.66. The van der Waals surface area contributed by atoms with Crippen molar-refractivity contribution in [2.75, 3.05) is 19.5 Å². The van der Waals surface area contributed by atoms with Crippen molar-refractivity contribution in [3.63, 3.8) is 0 Å². The Morgan fingerprint density at radius 1 is 0.962 bits per heavy atom. The third-order valence-electron chi connectivity index (χ3n) is 4.06.